The molecule has 1 atom stereocenters. The van der Waals surface area contributed by atoms with Crippen molar-refractivity contribution in [2.45, 2.75) is 11.7 Å². The van der Waals surface area contributed by atoms with E-state index in [2.05, 4.69) is 10.3 Å². The monoisotopic (exact) mass is 427 g/mol. The minimum absolute atomic E-state index is 0.0263. The van der Waals surface area contributed by atoms with Crippen molar-refractivity contribution in [3.8, 4) is 0 Å². The van der Waals surface area contributed by atoms with Gasteiger partial charge in [-0.2, -0.15) is 0 Å². The van der Waals surface area contributed by atoms with Gasteiger partial charge < -0.3 is 15.2 Å². The number of nitrogens with one attached hydrogen (secondary N) is 1. The van der Waals surface area contributed by atoms with Gasteiger partial charge in [0.25, 0.3) is 0 Å². The van der Waals surface area contributed by atoms with Gasteiger partial charge in [-0.05, 0) is 36.4 Å². The third kappa shape index (κ3) is 5.46. The number of hydrogen-bond acceptors (Lipinski definition) is 6. The highest BCUT2D eigenvalue weighted by Crippen LogP contribution is 2.31. The van der Waals surface area contributed by atoms with Crippen LogP contribution in [0, 0.1) is 0 Å². The van der Waals surface area contributed by atoms with Crippen LogP contribution in [-0.4, -0.2) is 58.5 Å². The fourth-order valence-electron chi connectivity index (χ4n) is 2.80. The summed E-state index contributed by atoms with van der Waals surface area (Å²) in [6.45, 7) is 0.706. The van der Waals surface area contributed by atoms with Crippen LogP contribution in [0.25, 0.3) is 0 Å². The van der Waals surface area contributed by atoms with E-state index in [0.29, 0.717) is 24.0 Å². The van der Waals surface area contributed by atoms with Gasteiger partial charge in [-0.15, -0.1) is 0 Å². The third-order valence-electron chi connectivity index (χ3n) is 4.31. The number of thioether (sulfide) groups is 1. The molecule has 2 N–H and O–H groups in total. The van der Waals surface area contributed by atoms with E-state index in [1.165, 1.54) is 36.0 Å². The van der Waals surface area contributed by atoms with E-state index in [1.54, 1.807) is 12.0 Å². The molecule has 0 aliphatic carbocycles. The maximum absolute atomic E-state index is 12.8. The number of aliphatic imine (C=N–C) groups is 1. The van der Waals surface area contributed by atoms with E-state index in [4.69, 9.17) is 9.84 Å². The summed E-state index contributed by atoms with van der Waals surface area (Å²) in [4.78, 5) is 42.3. The van der Waals surface area contributed by atoms with Crippen molar-refractivity contribution in [1.29, 1.82) is 0 Å². The van der Waals surface area contributed by atoms with Crippen molar-refractivity contribution in [1.82, 2.24) is 4.90 Å². The highest BCUT2D eigenvalue weighted by atomic mass is 32.2. The molecule has 2 aromatic rings. The molecule has 1 saturated heterocycles. The van der Waals surface area contributed by atoms with Crippen LogP contribution in [0.15, 0.2) is 59.6 Å². The predicted molar refractivity (Wildman–Crippen MR) is 115 cm³/mol. The summed E-state index contributed by atoms with van der Waals surface area (Å²) < 4.78 is 5.09. The molecular weight excluding hydrogens is 406 g/mol. The van der Waals surface area contributed by atoms with Gasteiger partial charge >= 0.3 is 5.97 Å². The first-order chi connectivity index (χ1) is 14.5. The van der Waals surface area contributed by atoms with E-state index in [9.17, 15) is 14.4 Å². The Balaban J connectivity index is 1.69. The molecular formula is C21H21N3O5S. The highest BCUT2D eigenvalue weighted by Gasteiger charge is 2.39. The van der Waals surface area contributed by atoms with Crippen LogP contribution in [0.3, 0.4) is 0 Å². The molecule has 156 valence electrons. The number of methoxy groups -OCH3 is 1. The standard InChI is InChI=1S/C21H21N3O5S/c1-29-12-11-24-19(26)17(30-21(24)23-15-5-3-2-4-6-15)13-18(25)22-16-9-7-14(8-10-16)20(27)28/h2-10,17H,11-13H2,1H3,(H,22,25)(H,27,28)/t17-/m0/s1. The van der Waals surface area contributed by atoms with Crippen LogP contribution >= 0.6 is 11.8 Å². The number of para-hydroxylation sites is 1. The first kappa shape index (κ1) is 21.5. The summed E-state index contributed by atoms with van der Waals surface area (Å²) in [5, 5.41) is 11.6. The van der Waals surface area contributed by atoms with Crippen molar-refractivity contribution in [2.24, 2.45) is 4.99 Å². The molecule has 1 aliphatic heterocycles. The molecule has 0 aromatic heterocycles. The number of carboxylic acid groups (broad SMARTS) is 1. The SMILES string of the molecule is COCCN1C(=O)[C@H](CC(=O)Nc2ccc(C(=O)O)cc2)SC1=Nc1ccccc1. The summed E-state index contributed by atoms with van der Waals surface area (Å²) >= 11 is 1.25. The topological polar surface area (TPSA) is 108 Å². The predicted octanol–water partition coefficient (Wildman–Crippen LogP) is 2.99. The zero-order chi connectivity index (χ0) is 21.5. The van der Waals surface area contributed by atoms with Crippen LogP contribution in [0.2, 0.25) is 0 Å². The molecule has 8 nitrogen and oxygen atoms in total. The van der Waals surface area contributed by atoms with Crippen molar-refractivity contribution in [3.05, 3.63) is 60.2 Å². The lowest BCUT2D eigenvalue weighted by molar-refractivity contribution is -0.128. The number of aromatic carboxylic acids is 1. The van der Waals surface area contributed by atoms with Gasteiger partial charge in [-0.25, -0.2) is 9.79 Å². The molecule has 1 fully saturated rings. The van der Waals surface area contributed by atoms with Gasteiger partial charge in [0.15, 0.2) is 5.17 Å². The summed E-state index contributed by atoms with van der Waals surface area (Å²) in [7, 11) is 1.56. The highest BCUT2D eigenvalue weighted by molar-refractivity contribution is 8.15. The smallest absolute Gasteiger partial charge is 0.335 e. The molecule has 0 bridgehead atoms. The number of carboxylic acids is 1. The Morgan fingerprint density at radius 3 is 2.50 bits per heavy atom. The van der Waals surface area contributed by atoms with E-state index < -0.39 is 11.2 Å². The maximum atomic E-state index is 12.8. The molecule has 0 radical (unpaired) electrons. The molecule has 30 heavy (non-hydrogen) atoms. The maximum Gasteiger partial charge on any atom is 0.335 e. The fraction of sp³-hybridized carbons (Fsp3) is 0.238. The van der Waals surface area contributed by atoms with Crippen LogP contribution in [0.1, 0.15) is 16.8 Å². The Morgan fingerprint density at radius 1 is 1.17 bits per heavy atom. The molecule has 1 heterocycles. The number of benzene rings is 2. The van der Waals surface area contributed by atoms with Crippen molar-refractivity contribution < 1.29 is 24.2 Å². The number of anilines is 1. The largest absolute Gasteiger partial charge is 0.478 e. The first-order valence-corrected chi connectivity index (χ1v) is 10.1. The zero-order valence-electron chi connectivity index (χ0n) is 16.3. The molecule has 9 heteroatoms. The van der Waals surface area contributed by atoms with Gasteiger partial charge in [-0.1, -0.05) is 30.0 Å². The molecule has 2 amide bonds. The number of carbonyl (C=O) groups excluding carboxylic acids is 2. The van der Waals surface area contributed by atoms with E-state index in [-0.39, 0.29) is 23.8 Å². The fourth-order valence-corrected chi connectivity index (χ4v) is 3.99. The van der Waals surface area contributed by atoms with Crippen molar-refractivity contribution in [3.63, 3.8) is 0 Å². The number of nitrogens with zero attached hydrogens (tertiary/aromatic N) is 2. The quantitative estimate of drug-likeness (QED) is 0.671. The number of hydrogen-bond donors (Lipinski definition) is 2. The summed E-state index contributed by atoms with van der Waals surface area (Å²) in [6, 6.07) is 15.1. The molecule has 3 rings (SSSR count). The number of rotatable bonds is 8. The van der Waals surface area contributed by atoms with Crippen LogP contribution < -0.4 is 5.32 Å². The van der Waals surface area contributed by atoms with E-state index in [0.717, 1.165) is 5.69 Å². The molecule has 2 aromatic carbocycles. The van der Waals surface area contributed by atoms with Gasteiger partial charge in [0.2, 0.25) is 11.8 Å². The summed E-state index contributed by atoms with van der Waals surface area (Å²) in [5.41, 5.74) is 1.32. The second-order valence-corrected chi connectivity index (χ2v) is 7.62. The Hall–Kier alpha value is -3.17. The molecule has 0 saturated carbocycles. The minimum Gasteiger partial charge on any atom is -0.478 e. The van der Waals surface area contributed by atoms with Crippen molar-refractivity contribution in [2.75, 3.05) is 25.6 Å². The average Bonchev–Trinajstić information content (AvgIpc) is 3.01. The Kier molecular flexibility index (Phi) is 7.21. The Labute approximate surface area is 177 Å². The lowest BCUT2D eigenvalue weighted by atomic mass is 10.2. The summed E-state index contributed by atoms with van der Waals surface area (Å²) in [5.74, 6) is -1.57. The van der Waals surface area contributed by atoms with Gasteiger partial charge in [0.1, 0.15) is 5.25 Å². The normalized spacial score (nSPS) is 17.4. The van der Waals surface area contributed by atoms with Gasteiger partial charge in [0.05, 0.1) is 24.4 Å². The number of carbonyl (C=O) groups is 3. The molecule has 0 spiro atoms. The molecule has 1 aliphatic rings. The second-order valence-electron chi connectivity index (χ2n) is 6.45. The third-order valence-corrected chi connectivity index (χ3v) is 5.48. The first-order valence-electron chi connectivity index (χ1n) is 9.22. The van der Waals surface area contributed by atoms with E-state index in [1.807, 2.05) is 30.3 Å². The zero-order valence-corrected chi connectivity index (χ0v) is 17.1. The summed E-state index contributed by atoms with van der Waals surface area (Å²) in [6.07, 6.45) is -0.0263. The number of amides is 2. The number of amidine groups is 1. The average molecular weight is 427 g/mol. The van der Waals surface area contributed by atoms with Crippen LogP contribution in [-0.2, 0) is 14.3 Å². The van der Waals surface area contributed by atoms with Gasteiger partial charge in [-0.3, -0.25) is 14.5 Å². The molecule has 0 unspecified atom stereocenters. The van der Waals surface area contributed by atoms with Crippen LogP contribution in [0.4, 0.5) is 11.4 Å². The number of ether oxygens (including phenoxy) is 1. The lowest BCUT2D eigenvalue weighted by Crippen LogP contribution is -2.35. The van der Waals surface area contributed by atoms with Crippen molar-refractivity contribution >= 4 is 46.1 Å². The van der Waals surface area contributed by atoms with Crippen LogP contribution in [0.5, 0.6) is 0 Å². The Morgan fingerprint density at radius 2 is 1.87 bits per heavy atom. The Bertz CT molecular complexity index is 947. The minimum atomic E-state index is -1.04. The van der Waals surface area contributed by atoms with Gasteiger partial charge in [0, 0.05) is 19.2 Å². The second kappa shape index (κ2) is 10.0. The lowest BCUT2D eigenvalue weighted by Gasteiger charge is -2.15. The van der Waals surface area contributed by atoms with E-state index >= 15 is 0 Å².